The maximum absolute atomic E-state index is 13.0. The molecule has 29 heavy (non-hydrogen) atoms. The molecule has 7 nitrogen and oxygen atoms in total. The molecule has 2 rings (SSSR count). The van der Waals surface area contributed by atoms with Crippen LogP contribution in [0.25, 0.3) is 0 Å². The molecule has 2 heterocycles. The largest absolute Gasteiger partial charge is 0.419 e. The van der Waals surface area contributed by atoms with Gasteiger partial charge < -0.3 is 20.3 Å². The number of aromatic nitrogens is 2. The second kappa shape index (κ2) is 10.4. The quantitative estimate of drug-likeness (QED) is 0.380. The number of hydrogen-bond acceptors (Lipinski definition) is 6. The van der Waals surface area contributed by atoms with Crippen LogP contribution < -0.4 is 10.6 Å². The third-order valence-electron chi connectivity index (χ3n) is 4.06. The standard InChI is InChI=1S/C18H25F3N6OS/c1-12(28-4)16-26-13(11-29-16)10-27(3)17(22-2)25-9-8-24-15-14(18(19,20)21)6-5-7-23-15/h5-7,11-12H,8-10H2,1-4H3,(H,22,25)(H,23,24). The molecule has 2 N–H and O–H groups in total. The molecule has 1 unspecified atom stereocenters. The van der Waals surface area contributed by atoms with E-state index in [-0.39, 0.29) is 18.5 Å². The normalized spacial score (nSPS) is 13.3. The first-order valence-electron chi connectivity index (χ1n) is 8.91. The zero-order valence-corrected chi connectivity index (χ0v) is 17.6. The Balaban J connectivity index is 1.86. The Hall–Kier alpha value is -2.40. The van der Waals surface area contributed by atoms with Crippen molar-refractivity contribution in [2.24, 2.45) is 4.99 Å². The number of alkyl halides is 3. The summed E-state index contributed by atoms with van der Waals surface area (Å²) in [4.78, 5) is 14.4. The van der Waals surface area contributed by atoms with E-state index in [1.54, 1.807) is 14.2 Å². The number of anilines is 1. The predicted octanol–water partition coefficient (Wildman–Crippen LogP) is 3.38. The van der Waals surface area contributed by atoms with Crippen LogP contribution in [0, 0.1) is 0 Å². The molecular formula is C18H25F3N6OS. The molecule has 0 aliphatic carbocycles. The third-order valence-corrected chi connectivity index (χ3v) is 5.11. The molecule has 0 amide bonds. The number of thiazole rings is 1. The van der Waals surface area contributed by atoms with Gasteiger partial charge >= 0.3 is 6.18 Å². The monoisotopic (exact) mass is 430 g/mol. The van der Waals surface area contributed by atoms with E-state index in [1.807, 2.05) is 24.3 Å². The molecule has 2 aromatic rings. The predicted molar refractivity (Wildman–Crippen MR) is 108 cm³/mol. The van der Waals surface area contributed by atoms with Crippen LogP contribution in [-0.2, 0) is 17.5 Å². The molecule has 0 radical (unpaired) electrons. The zero-order valence-electron chi connectivity index (χ0n) is 16.7. The van der Waals surface area contributed by atoms with Crippen LogP contribution in [0.4, 0.5) is 19.0 Å². The van der Waals surface area contributed by atoms with Gasteiger partial charge in [0.25, 0.3) is 0 Å². The number of guanidine groups is 1. The first-order chi connectivity index (χ1) is 13.8. The van der Waals surface area contributed by atoms with Crippen molar-refractivity contribution in [3.8, 4) is 0 Å². The molecule has 160 valence electrons. The minimum absolute atomic E-state index is 0.0595. The van der Waals surface area contributed by atoms with Crippen LogP contribution >= 0.6 is 11.3 Å². The lowest BCUT2D eigenvalue weighted by molar-refractivity contribution is -0.137. The highest BCUT2D eigenvalue weighted by Crippen LogP contribution is 2.33. The van der Waals surface area contributed by atoms with Crippen molar-refractivity contribution in [1.82, 2.24) is 20.2 Å². The van der Waals surface area contributed by atoms with Crippen LogP contribution in [0.15, 0.2) is 28.7 Å². The van der Waals surface area contributed by atoms with Gasteiger partial charge in [0.2, 0.25) is 0 Å². The topological polar surface area (TPSA) is 74.7 Å². The molecular weight excluding hydrogens is 405 g/mol. The van der Waals surface area contributed by atoms with Gasteiger partial charge in [-0.05, 0) is 19.1 Å². The second-order valence-electron chi connectivity index (χ2n) is 6.21. The van der Waals surface area contributed by atoms with E-state index >= 15 is 0 Å². The highest BCUT2D eigenvalue weighted by molar-refractivity contribution is 7.09. The summed E-state index contributed by atoms with van der Waals surface area (Å²) in [7, 11) is 5.15. The Labute approximate surface area is 172 Å². The number of nitrogens with one attached hydrogen (secondary N) is 2. The van der Waals surface area contributed by atoms with E-state index in [0.29, 0.717) is 19.0 Å². The van der Waals surface area contributed by atoms with E-state index in [4.69, 9.17) is 4.74 Å². The number of methoxy groups -OCH3 is 1. The lowest BCUT2D eigenvalue weighted by Crippen LogP contribution is -2.40. The summed E-state index contributed by atoms with van der Waals surface area (Å²) in [6, 6.07) is 2.27. The zero-order chi connectivity index (χ0) is 21.4. The molecule has 0 saturated carbocycles. The Kier molecular flexibility index (Phi) is 8.21. The van der Waals surface area contributed by atoms with Gasteiger partial charge in [-0.25, -0.2) is 9.97 Å². The Bertz CT molecular complexity index is 811. The second-order valence-corrected chi connectivity index (χ2v) is 7.10. The first-order valence-corrected chi connectivity index (χ1v) is 9.79. The average Bonchev–Trinajstić information content (AvgIpc) is 3.15. The smallest absolute Gasteiger partial charge is 0.375 e. The first kappa shape index (κ1) is 22.9. The summed E-state index contributed by atoms with van der Waals surface area (Å²) >= 11 is 1.53. The number of hydrogen-bond donors (Lipinski definition) is 2. The van der Waals surface area contributed by atoms with Gasteiger partial charge in [-0.1, -0.05) is 0 Å². The molecule has 1 atom stereocenters. The van der Waals surface area contributed by atoms with Gasteiger partial charge in [0.1, 0.15) is 16.9 Å². The molecule has 11 heteroatoms. The van der Waals surface area contributed by atoms with Gasteiger partial charge in [0.05, 0.1) is 17.8 Å². The van der Waals surface area contributed by atoms with Gasteiger partial charge in [-0.15, -0.1) is 11.3 Å². The lowest BCUT2D eigenvalue weighted by Gasteiger charge is -2.21. The van der Waals surface area contributed by atoms with Crippen LogP contribution in [0.1, 0.15) is 29.3 Å². The fourth-order valence-electron chi connectivity index (χ4n) is 2.52. The Morgan fingerprint density at radius 3 is 2.79 bits per heavy atom. The summed E-state index contributed by atoms with van der Waals surface area (Å²) in [5, 5.41) is 8.70. The molecule has 0 spiro atoms. The summed E-state index contributed by atoms with van der Waals surface area (Å²) in [5.74, 6) is 0.422. The van der Waals surface area contributed by atoms with Crippen LogP contribution in [0.2, 0.25) is 0 Å². The minimum atomic E-state index is -4.45. The van der Waals surface area contributed by atoms with E-state index in [2.05, 4.69) is 25.6 Å². The maximum Gasteiger partial charge on any atom is 0.419 e. The van der Waals surface area contributed by atoms with Gasteiger partial charge in [-0.2, -0.15) is 13.2 Å². The molecule has 0 aliphatic heterocycles. The van der Waals surface area contributed by atoms with E-state index in [9.17, 15) is 13.2 Å². The summed E-state index contributed by atoms with van der Waals surface area (Å²) in [6.45, 7) is 3.09. The summed E-state index contributed by atoms with van der Waals surface area (Å²) in [6.07, 6.45) is -3.19. The van der Waals surface area contributed by atoms with Crippen LogP contribution in [0.3, 0.4) is 0 Å². The van der Waals surface area contributed by atoms with Crippen LogP contribution in [0.5, 0.6) is 0 Å². The number of ether oxygens (including phenoxy) is 1. The van der Waals surface area contributed by atoms with Gasteiger partial charge in [-0.3, -0.25) is 4.99 Å². The van der Waals surface area contributed by atoms with Crippen molar-refractivity contribution in [2.45, 2.75) is 25.7 Å². The number of halogens is 3. The van der Waals surface area contributed by atoms with E-state index in [0.717, 1.165) is 16.8 Å². The summed E-state index contributed by atoms with van der Waals surface area (Å²) < 4.78 is 44.2. The molecule has 0 aromatic carbocycles. The van der Waals surface area contributed by atoms with Crippen LogP contribution in [-0.4, -0.2) is 55.1 Å². The van der Waals surface area contributed by atoms with Crippen molar-refractivity contribution in [3.63, 3.8) is 0 Å². The molecule has 0 saturated heterocycles. The maximum atomic E-state index is 13.0. The SMILES string of the molecule is CN=C(NCCNc1ncccc1C(F)(F)F)N(C)Cc1csc(C(C)OC)n1. The van der Waals surface area contributed by atoms with Crippen molar-refractivity contribution in [2.75, 3.05) is 39.6 Å². The van der Waals surface area contributed by atoms with E-state index < -0.39 is 11.7 Å². The van der Waals surface area contributed by atoms with Crippen molar-refractivity contribution in [3.05, 3.63) is 40.0 Å². The fraction of sp³-hybridized carbons (Fsp3) is 0.500. The molecule has 0 aliphatic rings. The highest BCUT2D eigenvalue weighted by atomic mass is 32.1. The molecule has 2 aromatic heterocycles. The summed E-state index contributed by atoms with van der Waals surface area (Å²) in [5.41, 5.74) is 0.104. The number of nitrogens with zero attached hydrogens (tertiary/aromatic N) is 4. The number of aliphatic imine (C=N–C) groups is 1. The Morgan fingerprint density at radius 2 is 2.14 bits per heavy atom. The average molecular weight is 431 g/mol. The Morgan fingerprint density at radius 1 is 1.38 bits per heavy atom. The van der Waals surface area contributed by atoms with Crippen molar-refractivity contribution >= 4 is 23.1 Å². The minimum Gasteiger partial charge on any atom is -0.375 e. The van der Waals surface area contributed by atoms with E-state index in [1.165, 1.54) is 23.6 Å². The number of pyridine rings is 1. The van der Waals surface area contributed by atoms with Crippen molar-refractivity contribution < 1.29 is 17.9 Å². The molecule has 0 fully saturated rings. The highest BCUT2D eigenvalue weighted by Gasteiger charge is 2.33. The number of rotatable bonds is 8. The molecule has 0 bridgehead atoms. The van der Waals surface area contributed by atoms with Crippen molar-refractivity contribution in [1.29, 1.82) is 0 Å². The van der Waals surface area contributed by atoms with Gasteiger partial charge in [0.15, 0.2) is 5.96 Å². The lowest BCUT2D eigenvalue weighted by atomic mass is 10.2. The van der Waals surface area contributed by atoms with Gasteiger partial charge in [0, 0.05) is 45.9 Å². The fourth-order valence-corrected chi connectivity index (χ4v) is 3.36. The third kappa shape index (κ3) is 6.57.